The van der Waals surface area contributed by atoms with Gasteiger partial charge in [-0.3, -0.25) is 0 Å². The predicted molar refractivity (Wildman–Crippen MR) is 65.4 cm³/mol. The molecule has 1 aromatic carbocycles. The summed E-state index contributed by atoms with van der Waals surface area (Å²) in [6.07, 6.45) is 0. The van der Waals surface area contributed by atoms with Gasteiger partial charge in [0.2, 0.25) is 0 Å². The van der Waals surface area contributed by atoms with Crippen LogP contribution in [-0.2, 0) is 13.2 Å². The van der Waals surface area contributed by atoms with E-state index in [0.717, 1.165) is 23.0 Å². The number of aromatic nitrogens is 2. The van der Waals surface area contributed by atoms with Gasteiger partial charge in [0, 0.05) is 6.54 Å². The van der Waals surface area contributed by atoms with E-state index in [4.69, 9.17) is 10.5 Å². The fraction of sp³-hybridized carbons (Fsp3) is 0.231. The number of para-hydroxylation sites is 1. The highest BCUT2D eigenvalue weighted by atomic mass is 16.5. The first-order valence-corrected chi connectivity index (χ1v) is 5.49. The summed E-state index contributed by atoms with van der Waals surface area (Å²) in [4.78, 5) is 8.52. The molecule has 0 amide bonds. The smallest absolute Gasteiger partial charge is 0.130 e. The van der Waals surface area contributed by atoms with E-state index in [1.165, 1.54) is 0 Å². The molecule has 0 saturated heterocycles. The molecule has 0 bridgehead atoms. The van der Waals surface area contributed by atoms with Crippen LogP contribution in [0.4, 0.5) is 0 Å². The Morgan fingerprint density at radius 2 is 1.82 bits per heavy atom. The van der Waals surface area contributed by atoms with E-state index < -0.39 is 0 Å². The molecule has 1 aromatic heterocycles. The number of nitrogens with zero attached hydrogens (tertiary/aromatic N) is 2. The van der Waals surface area contributed by atoms with Crippen molar-refractivity contribution in [3.05, 3.63) is 53.6 Å². The number of benzene rings is 1. The molecule has 2 rings (SSSR count). The van der Waals surface area contributed by atoms with E-state index in [-0.39, 0.29) is 0 Å². The Bertz CT molecular complexity index is 485. The largest absolute Gasteiger partial charge is 0.487 e. The predicted octanol–water partition coefficient (Wildman–Crippen LogP) is 1.82. The van der Waals surface area contributed by atoms with Gasteiger partial charge in [-0.05, 0) is 25.1 Å². The normalized spacial score (nSPS) is 10.2. The van der Waals surface area contributed by atoms with Gasteiger partial charge in [0.25, 0.3) is 0 Å². The first-order valence-electron chi connectivity index (χ1n) is 5.49. The molecular formula is C13H15N3O. The summed E-state index contributed by atoms with van der Waals surface area (Å²) >= 11 is 0. The molecule has 0 aliphatic rings. The topological polar surface area (TPSA) is 61.0 Å². The third kappa shape index (κ3) is 3.26. The summed E-state index contributed by atoms with van der Waals surface area (Å²) in [6, 6.07) is 11.5. The maximum atomic E-state index is 5.62. The second-order valence-corrected chi connectivity index (χ2v) is 3.70. The van der Waals surface area contributed by atoms with Crippen LogP contribution in [0.15, 0.2) is 36.4 Å². The molecule has 0 unspecified atom stereocenters. The zero-order chi connectivity index (χ0) is 12.1. The highest BCUT2D eigenvalue weighted by Crippen LogP contribution is 2.11. The van der Waals surface area contributed by atoms with Crippen molar-refractivity contribution in [2.75, 3.05) is 0 Å². The molecule has 0 aliphatic heterocycles. The number of aryl methyl sites for hydroxylation is 1. The van der Waals surface area contributed by atoms with E-state index in [0.29, 0.717) is 13.2 Å². The third-order valence-electron chi connectivity index (χ3n) is 2.28. The first kappa shape index (κ1) is 11.5. The average molecular weight is 229 g/mol. The maximum Gasteiger partial charge on any atom is 0.130 e. The molecule has 0 saturated carbocycles. The lowest BCUT2D eigenvalue weighted by molar-refractivity contribution is 0.300. The third-order valence-corrected chi connectivity index (χ3v) is 2.28. The van der Waals surface area contributed by atoms with Crippen molar-refractivity contribution < 1.29 is 4.74 Å². The standard InChI is InChI=1S/C13H15N3O/c1-10-15-11(8-14)7-12(16-10)9-17-13-5-3-2-4-6-13/h2-7H,8-9,14H2,1H3. The van der Waals surface area contributed by atoms with Crippen LogP contribution >= 0.6 is 0 Å². The van der Waals surface area contributed by atoms with Crippen molar-refractivity contribution in [1.82, 2.24) is 9.97 Å². The quantitative estimate of drug-likeness (QED) is 0.868. The van der Waals surface area contributed by atoms with Gasteiger partial charge in [-0.1, -0.05) is 18.2 Å². The van der Waals surface area contributed by atoms with Crippen LogP contribution in [0.25, 0.3) is 0 Å². The van der Waals surface area contributed by atoms with E-state index in [9.17, 15) is 0 Å². The molecule has 0 atom stereocenters. The Hall–Kier alpha value is -1.94. The Morgan fingerprint density at radius 3 is 2.53 bits per heavy atom. The van der Waals surface area contributed by atoms with Crippen LogP contribution in [0.3, 0.4) is 0 Å². The van der Waals surface area contributed by atoms with E-state index in [1.54, 1.807) is 0 Å². The SMILES string of the molecule is Cc1nc(CN)cc(COc2ccccc2)n1. The van der Waals surface area contributed by atoms with Crippen molar-refractivity contribution in [3.63, 3.8) is 0 Å². The molecule has 2 aromatic rings. The summed E-state index contributed by atoms with van der Waals surface area (Å²) < 4.78 is 5.62. The zero-order valence-corrected chi connectivity index (χ0v) is 9.76. The van der Waals surface area contributed by atoms with E-state index >= 15 is 0 Å². The van der Waals surface area contributed by atoms with Crippen LogP contribution in [0.1, 0.15) is 17.2 Å². The van der Waals surface area contributed by atoms with Crippen LogP contribution in [0.2, 0.25) is 0 Å². The maximum absolute atomic E-state index is 5.62. The van der Waals surface area contributed by atoms with Gasteiger partial charge in [0.1, 0.15) is 18.2 Å². The zero-order valence-electron chi connectivity index (χ0n) is 9.76. The highest BCUT2D eigenvalue weighted by Gasteiger charge is 2.01. The number of ether oxygens (including phenoxy) is 1. The van der Waals surface area contributed by atoms with Gasteiger partial charge in [-0.15, -0.1) is 0 Å². The average Bonchev–Trinajstić information content (AvgIpc) is 2.37. The fourth-order valence-corrected chi connectivity index (χ4v) is 1.55. The summed E-state index contributed by atoms with van der Waals surface area (Å²) in [5.41, 5.74) is 7.25. The molecule has 4 heteroatoms. The van der Waals surface area contributed by atoms with Crippen molar-refractivity contribution in [2.24, 2.45) is 5.73 Å². The Labute approximate surface area is 100 Å². The molecule has 0 fully saturated rings. The molecular weight excluding hydrogens is 214 g/mol. The molecule has 4 nitrogen and oxygen atoms in total. The molecule has 0 radical (unpaired) electrons. The minimum Gasteiger partial charge on any atom is -0.487 e. The van der Waals surface area contributed by atoms with E-state index in [1.807, 2.05) is 43.3 Å². The summed E-state index contributed by atoms with van der Waals surface area (Å²) in [6.45, 7) is 2.70. The molecule has 88 valence electrons. The van der Waals surface area contributed by atoms with Crippen LogP contribution in [-0.4, -0.2) is 9.97 Å². The molecule has 0 spiro atoms. The van der Waals surface area contributed by atoms with Crippen molar-refractivity contribution in [2.45, 2.75) is 20.1 Å². The lowest BCUT2D eigenvalue weighted by Gasteiger charge is -2.07. The monoisotopic (exact) mass is 229 g/mol. The molecule has 17 heavy (non-hydrogen) atoms. The van der Waals surface area contributed by atoms with Crippen molar-refractivity contribution >= 4 is 0 Å². The van der Waals surface area contributed by atoms with Crippen LogP contribution in [0.5, 0.6) is 5.75 Å². The number of nitrogens with two attached hydrogens (primary N) is 1. The number of hydrogen-bond donors (Lipinski definition) is 1. The Morgan fingerprint density at radius 1 is 1.12 bits per heavy atom. The first-order chi connectivity index (χ1) is 8.28. The highest BCUT2D eigenvalue weighted by molar-refractivity contribution is 5.21. The lowest BCUT2D eigenvalue weighted by Crippen LogP contribution is -2.07. The van der Waals surface area contributed by atoms with Gasteiger partial charge in [0.15, 0.2) is 0 Å². The van der Waals surface area contributed by atoms with Crippen molar-refractivity contribution in [3.8, 4) is 5.75 Å². The van der Waals surface area contributed by atoms with Crippen LogP contribution < -0.4 is 10.5 Å². The van der Waals surface area contributed by atoms with Crippen molar-refractivity contribution in [1.29, 1.82) is 0 Å². The number of hydrogen-bond acceptors (Lipinski definition) is 4. The van der Waals surface area contributed by atoms with Crippen LogP contribution in [0, 0.1) is 6.92 Å². The lowest BCUT2D eigenvalue weighted by atomic mass is 10.3. The summed E-state index contributed by atoms with van der Waals surface area (Å²) in [5.74, 6) is 1.55. The van der Waals surface area contributed by atoms with Gasteiger partial charge < -0.3 is 10.5 Å². The second kappa shape index (κ2) is 5.41. The summed E-state index contributed by atoms with van der Waals surface area (Å²) in [7, 11) is 0. The molecule has 0 aliphatic carbocycles. The minimum absolute atomic E-state index is 0.418. The van der Waals surface area contributed by atoms with Gasteiger partial charge in [0.05, 0.1) is 11.4 Å². The van der Waals surface area contributed by atoms with E-state index in [2.05, 4.69) is 9.97 Å². The van der Waals surface area contributed by atoms with Gasteiger partial charge in [-0.2, -0.15) is 0 Å². The molecule has 2 N–H and O–H groups in total. The Balaban J connectivity index is 2.06. The Kier molecular flexibility index (Phi) is 3.67. The minimum atomic E-state index is 0.418. The van der Waals surface area contributed by atoms with Gasteiger partial charge >= 0.3 is 0 Å². The van der Waals surface area contributed by atoms with Gasteiger partial charge in [-0.25, -0.2) is 9.97 Å². The fourth-order valence-electron chi connectivity index (χ4n) is 1.55. The second-order valence-electron chi connectivity index (χ2n) is 3.70. The summed E-state index contributed by atoms with van der Waals surface area (Å²) in [5, 5.41) is 0. The molecule has 1 heterocycles. The number of rotatable bonds is 4.